The van der Waals surface area contributed by atoms with Gasteiger partial charge in [0.15, 0.2) is 0 Å². The first-order chi connectivity index (χ1) is 7.27. The van der Waals surface area contributed by atoms with Crippen molar-refractivity contribution in [1.82, 2.24) is 4.90 Å². The summed E-state index contributed by atoms with van der Waals surface area (Å²) in [5.74, 6) is 0.693. The van der Waals surface area contributed by atoms with E-state index in [0.717, 1.165) is 18.7 Å². The maximum atomic E-state index is 8.15. The van der Waals surface area contributed by atoms with Crippen molar-refractivity contribution >= 4 is 5.84 Å². The van der Waals surface area contributed by atoms with Gasteiger partial charge in [0.25, 0.3) is 0 Å². The number of nitrogens with zero attached hydrogens (tertiary/aromatic N) is 1. The van der Waals surface area contributed by atoms with Crippen molar-refractivity contribution in [2.75, 3.05) is 13.1 Å². The van der Waals surface area contributed by atoms with E-state index < -0.39 is 0 Å². The molecule has 0 radical (unpaired) electrons. The standard InChI is InChI=1S/C13H18N2/c1-11-6-5-7-12(10-11)13(14)15-8-3-2-4-9-15/h5-7,10,14H,2-4,8-9H2,1H3. The average Bonchev–Trinajstić information content (AvgIpc) is 2.29. The third-order valence-electron chi connectivity index (χ3n) is 2.96. The number of amidine groups is 1. The van der Waals surface area contributed by atoms with Gasteiger partial charge in [0.1, 0.15) is 5.84 Å². The molecule has 0 aromatic heterocycles. The highest BCUT2D eigenvalue weighted by Crippen LogP contribution is 2.13. The lowest BCUT2D eigenvalue weighted by atomic mass is 10.1. The molecule has 1 aromatic rings. The Morgan fingerprint density at radius 3 is 2.60 bits per heavy atom. The second-order valence-electron chi connectivity index (χ2n) is 4.27. The van der Waals surface area contributed by atoms with Crippen molar-refractivity contribution in [2.24, 2.45) is 0 Å². The molecule has 1 heterocycles. The van der Waals surface area contributed by atoms with Crippen molar-refractivity contribution in [3.05, 3.63) is 35.4 Å². The molecule has 0 bridgehead atoms. The Morgan fingerprint density at radius 1 is 1.20 bits per heavy atom. The number of rotatable bonds is 1. The number of piperidine rings is 1. The first kappa shape index (κ1) is 10.2. The Morgan fingerprint density at radius 2 is 1.93 bits per heavy atom. The van der Waals surface area contributed by atoms with Crippen LogP contribution in [0.1, 0.15) is 30.4 Å². The molecule has 1 fully saturated rings. The SMILES string of the molecule is Cc1cccc(C(=N)N2CCCCC2)c1. The number of nitrogens with one attached hydrogen (secondary N) is 1. The predicted molar refractivity (Wildman–Crippen MR) is 63.4 cm³/mol. The maximum Gasteiger partial charge on any atom is 0.128 e. The first-order valence-corrected chi connectivity index (χ1v) is 5.68. The van der Waals surface area contributed by atoms with Crippen LogP contribution >= 0.6 is 0 Å². The van der Waals surface area contributed by atoms with Gasteiger partial charge in [-0.25, -0.2) is 0 Å². The van der Waals surface area contributed by atoms with E-state index in [9.17, 15) is 0 Å². The highest BCUT2D eigenvalue weighted by Gasteiger charge is 2.14. The van der Waals surface area contributed by atoms with Gasteiger partial charge in [0, 0.05) is 18.7 Å². The van der Waals surface area contributed by atoms with Gasteiger partial charge in [-0.2, -0.15) is 0 Å². The normalized spacial score (nSPS) is 16.5. The van der Waals surface area contributed by atoms with E-state index in [1.54, 1.807) is 0 Å². The molecule has 2 nitrogen and oxygen atoms in total. The molecule has 1 aliphatic heterocycles. The van der Waals surface area contributed by atoms with Crippen LogP contribution in [0.15, 0.2) is 24.3 Å². The summed E-state index contributed by atoms with van der Waals surface area (Å²) in [6.07, 6.45) is 3.78. The Balaban J connectivity index is 2.12. The van der Waals surface area contributed by atoms with Gasteiger partial charge in [-0.1, -0.05) is 23.8 Å². The molecule has 0 saturated carbocycles. The van der Waals surface area contributed by atoms with Gasteiger partial charge in [-0.05, 0) is 32.3 Å². The maximum absolute atomic E-state index is 8.15. The molecule has 2 rings (SSSR count). The van der Waals surface area contributed by atoms with Gasteiger partial charge in [0.05, 0.1) is 0 Å². The van der Waals surface area contributed by atoms with Gasteiger partial charge in [0.2, 0.25) is 0 Å². The summed E-state index contributed by atoms with van der Waals surface area (Å²) in [5.41, 5.74) is 2.28. The quantitative estimate of drug-likeness (QED) is 0.550. The van der Waals surface area contributed by atoms with Crippen molar-refractivity contribution in [3.63, 3.8) is 0 Å². The van der Waals surface area contributed by atoms with Crippen LogP contribution in [0.4, 0.5) is 0 Å². The molecule has 80 valence electrons. The fourth-order valence-electron chi connectivity index (χ4n) is 2.09. The Hall–Kier alpha value is -1.31. The largest absolute Gasteiger partial charge is 0.357 e. The zero-order valence-electron chi connectivity index (χ0n) is 9.29. The highest BCUT2D eigenvalue weighted by molar-refractivity contribution is 5.96. The zero-order chi connectivity index (χ0) is 10.7. The smallest absolute Gasteiger partial charge is 0.128 e. The minimum absolute atomic E-state index is 0.693. The third-order valence-corrected chi connectivity index (χ3v) is 2.96. The predicted octanol–water partition coefficient (Wildman–Crippen LogP) is 2.81. The lowest BCUT2D eigenvalue weighted by Crippen LogP contribution is -2.35. The number of likely N-dealkylation sites (tertiary alicyclic amines) is 1. The van der Waals surface area contributed by atoms with Crippen LogP contribution in [0.25, 0.3) is 0 Å². The molecule has 1 N–H and O–H groups in total. The molecule has 15 heavy (non-hydrogen) atoms. The molecule has 0 amide bonds. The van der Waals surface area contributed by atoms with E-state index in [-0.39, 0.29) is 0 Å². The summed E-state index contributed by atoms with van der Waals surface area (Å²) in [6.45, 7) is 4.17. The van der Waals surface area contributed by atoms with Crippen molar-refractivity contribution in [2.45, 2.75) is 26.2 Å². The highest BCUT2D eigenvalue weighted by atomic mass is 15.2. The van der Waals surface area contributed by atoms with Gasteiger partial charge >= 0.3 is 0 Å². The molecule has 1 aliphatic rings. The third kappa shape index (κ3) is 2.38. The van der Waals surface area contributed by atoms with E-state index in [4.69, 9.17) is 5.41 Å². The Bertz CT molecular complexity index is 351. The molecule has 1 aromatic carbocycles. The molecule has 2 heteroatoms. The van der Waals surface area contributed by atoms with Crippen LogP contribution in [0, 0.1) is 12.3 Å². The van der Waals surface area contributed by atoms with E-state index in [1.807, 2.05) is 12.1 Å². The van der Waals surface area contributed by atoms with Crippen LogP contribution in [-0.2, 0) is 0 Å². The summed E-state index contributed by atoms with van der Waals surface area (Å²) >= 11 is 0. The first-order valence-electron chi connectivity index (χ1n) is 5.68. The average molecular weight is 202 g/mol. The van der Waals surface area contributed by atoms with Crippen molar-refractivity contribution in [3.8, 4) is 0 Å². The Kier molecular flexibility index (Phi) is 3.05. The lowest BCUT2D eigenvalue weighted by molar-refractivity contribution is 0.341. The molecule has 0 unspecified atom stereocenters. The fraction of sp³-hybridized carbons (Fsp3) is 0.462. The van der Waals surface area contributed by atoms with Crippen LogP contribution in [0.2, 0.25) is 0 Å². The second-order valence-corrected chi connectivity index (χ2v) is 4.27. The molecule has 0 atom stereocenters. The lowest BCUT2D eigenvalue weighted by Gasteiger charge is -2.29. The number of aryl methyl sites for hydroxylation is 1. The number of hydrogen-bond acceptors (Lipinski definition) is 1. The number of benzene rings is 1. The van der Waals surface area contributed by atoms with Gasteiger partial charge in [-0.3, -0.25) is 5.41 Å². The van der Waals surface area contributed by atoms with Crippen molar-refractivity contribution in [1.29, 1.82) is 5.41 Å². The van der Waals surface area contributed by atoms with E-state index in [0.29, 0.717) is 5.84 Å². The van der Waals surface area contributed by atoms with E-state index in [1.165, 1.54) is 24.8 Å². The summed E-state index contributed by atoms with van der Waals surface area (Å²) in [4.78, 5) is 2.19. The van der Waals surface area contributed by atoms with Crippen LogP contribution in [0.3, 0.4) is 0 Å². The zero-order valence-corrected chi connectivity index (χ0v) is 9.29. The van der Waals surface area contributed by atoms with Crippen LogP contribution < -0.4 is 0 Å². The van der Waals surface area contributed by atoms with Crippen LogP contribution in [0.5, 0.6) is 0 Å². The summed E-state index contributed by atoms with van der Waals surface area (Å²) in [7, 11) is 0. The number of hydrogen-bond donors (Lipinski definition) is 1. The second kappa shape index (κ2) is 4.47. The topological polar surface area (TPSA) is 27.1 Å². The Labute approximate surface area is 91.4 Å². The minimum Gasteiger partial charge on any atom is -0.357 e. The van der Waals surface area contributed by atoms with Gasteiger partial charge < -0.3 is 4.90 Å². The van der Waals surface area contributed by atoms with Crippen molar-refractivity contribution < 1.29 is 0 Å². The van der Waals surface area contributed by atoms with E-state index >= 15 is 0 Å². The summed E-state index contributed by atoms with van der Waals surface area (Å²) in [5, 5.41) is 8.15. The van der Waals surface area contributed by atoms with Crippen LogP contribution in [-0.4, -0.2) is 23.8 Å². The van der Waals surface area contributed by atoms with E-state index in [2.05, 4.69) is 24.0 Å². The summed E-state index contributed by atoms with van der Waals surface area (Å²) in [6, 6.07) is 8.23. The summed E-state index contributed by atoms with van der Waals surface area (Å²) < 4.78 is 0. The fourth-order valence-corrected chi connectivity index (χ4v) is 2.09. The molecule has 1 saturated heterocycles. The minimum atomic E-state index is 0.693. The van der Waals surface area contributed by atoms with Gasteiger partial charge in [-0.15, -0.1) is 0 Å². The molecule has 0 spiro atoms. The molecule has 0 aliphatic carbocycles. The molecular formula is C13H18N2. The molecular weight excluding hydrogens is 184 g/mol. The monoisotopic (exact) mass is 202 g/mol.